The Balaban J connectivity index is 1.03. The maximum atomic E-state index is 13.9. The summed E-state index contributed by atoms with van der Waals surface area (Å²) in [7, 11) is 1.66. The van der Waals surface area contributed by atoms with Crippen LogP contribution in [0.3, 0.4) is 0 Å². The normalized spacial score (nSPS) is 21.0. The Kier molecular flexibility index (Phi) is 9.26. The number of amides is 2. The lowest BCUT2D eigenvalue weighted by Crippen LogP contribution is -2.44. The number of anilines is 1. The quantitative estimate of drug-likeness (QED) is 0.286. The second-order valence-corrected chi connectivity index (χ2v) is 13.0. The van der Waals surface area contributed by atoms with Crippen LogP contribution in [0, 0.1) is 24.7 Å². The van der Waals surface area contributed by atoms with Gasteiger partial charge in [-0.1, -0.05) is 30.3 Å². The molecule has 244 valence electrons. The molecule has 1 aromatic carbocycles. The van der Waals surface area contributed by atoms with Crippen molar-refractivity contribution in [1.29, 1.82) is 5.41 Å². The monoisotopic (exact) mass is 633 g/mol. The van der Waals surface area contributed by atoms with Gasteiger partial charge >= 0.3 is 0 Å². The highest BCUT2D eigenvalue weighted by Gasteiger charge is 2.51. The number of rotatable bonds is 8. The van der Waals surface area contributed by atoms with Crippen molar-refractivity contribution < 1.29 is 9.59 Å². The molecule has 1 spiro atoms. The Bertz CT molecular complexity index is 1710. The van der Waals surface area contributed by atoms with Gasteiger partial charge in [0.25, 0.3) is 0 Å². The number of nitrogens with zero attached hydrogens (tertiary/aromatic N) is 7. The molecule has 0 bridgehead atoms. The van der Waals surface area contributed by atoms with E-state index >= 15 is 0 Å². The number of aryl methyl sites for hydroxylation is 2. The first-order valence-corrected chi connectivity index (χ1v) is 16.3. The predicted octanol–water partition coefficient (Wildman–Crippen LogP) is 3.71. The topological polar surface area (TPSA) is 144 Å². The van der Waals surface area contributed by atoms with E-state index in [1.165, 1.54) is 11.9 Å². The summed E-state index contributed by atoms with van der Waals surface area (Å²) in [4.78, 5) is 50.2. The molecule has 3 saturated heterocycles. The highest BCUT2D eigenvalue weighted by atomic mass is 16.2. The Morgan fingerprint density at radius 1 is 1.02 bits per heavy atom. The predicted molar refractivity (Wildman–Crippen MR) is 184 cm³/mol. The molecule has 0 saturated carbocycles. The summed E-state index contributed by atoms with van der Waals surface area (Å²) in [6, 6.07) is 15.8. The van der Waals surface area contributed by atoms with E-state index < -0.39 is 5.41 Å². The van der Waals surface area contributed by atoms with E-state index in [2.05, 4.69) is 32.0 Å². The number of pyridine rings is 2. The summed E-state index contributed by atoms with van der Waals surface area (Å²) in [6.07, 6.45) is 6.42. The van der Waals surface area contributed by atoms with E-state index in [-0.39, 0.29) is 11.8 Å². The molecule has 11 nitrogen and oxygen atoms in total. The first-order valence-electron chi connectivity index (χ1n) is 16.3. The van der Waals surface area contributed by atoms with Gasteiger partial charge in [0.05, 0.1) is 23.4 Å². The van der Waals surface area contributed by atoms with Gasteiger partial charge in [-0.2, -0.15) is 0 Å². The Morgan fingerprint density at radius 2 is 1.74 bits per heavy atom. The van der Waals surface area contributed by atoms with Gasteiger partial charge in [-0.25, -0.2) is 9.98 Å². The summed E-state index contributed by atoms with van der Waals surface area (Å²) in [5, 5.41) is 8.77. The van der Waals surface area contributed by atoms with Crippen molar-refractivity contribution in [2.24, 2.45) is 21.1 Å². The average molecular weight is 634 g/mol. The number of carbonyl (C=O) groups is 2. The number of likely N-dealkylation sites (tertiary alicyclic amines) is 2. The van der Waals surface area contributed by atoms with Gasteiger partial charge in [0.2, 0.25) is 11.8 Å². The molecule has 0 aliphatic carbocycles. The van der Waals surface area contributed by atoms with Crippen LogP contribution < -0.4 is 10.6 Å². The van der Waals surface area contributed by atoms with Crippen LogP contribution in [0.1, 0.15) is 65.2 Å². The lowest BCUT2D eigenvalue weighted by atomic mass is 9.85. The molecule has 47 heavy (non-hydrogen) atoms. The summed E-state index contributed by atoms with van der Waals surface area (Å²) < 4.78 is 0. The molecule has 3 aliphatic rings. The fraction of sp³-hybridized carbons (Fsp3) is 0.417. The van der Waals surface area contributed by atoms with Crippen LogP contribution in [0.2, 0.25) is 0 Å². The van der Waals surface area contributed by atoms with Crippen LogP contribution in [0.25, 0.3) is 0 Å². The number of piperidine rings is 1. The highest BCUT2D eigenvalue weighted by Crippen LogP contribution is 2.42. The molecule has 6 rings (SSSR count). The minimum Gasteiger partial charge on any atom is -0.383 e. The smallest absolute Gasteiger partial charge is 0.236 e. The third kappa shape index (κ3) is 6.71. The Labute approximate surface area is 276 Å². The second kappa shape index (κ2) is 13.5. The van der Waals surface area contributed by atoms with Crippen molar-refractivity contribution in [3.05, 3.63) is 88.4 Å². The fourth-order valence-electron chi connectivity index (χ4n) is 7.06. The van der Waals surface area contributed by atoms with E-state index in [0.717, 1.165) is 62.1 Å². The summed E-state index contributed by atoms with van der Waals surface area (Å²) in [5.74, 6) is 1.61. The summed E-state index contributed by atoms with van der Waals surface area (Å²) >= 11 is 0. The average Bonchev–Trinajstić information content (AvgIpc) is 3.65. The molecule has 0 unspecified atom stereocenters. The second-order valence-electron chi connectivity index (χ2n) is 13.0. The molecule has 11 heteroatoms. The van der Waals surface area contributed by atoms with Crippen LogP contribution in [0.4, 0.5) is 5.82 Å². The van der Waals surface area contributed by atoms with Crippen LogP contribution in [-0.2, 0) is 9.59 Å². The number of carbonyl (C=O) groups excluding carboxylic acids is 2. The number of aliphatic imine (C=N–C) groups is 2. The summed E-state index contributed by atoms with van der Waals surface area (Å²) in [6.45, 7) is 7.51. The molecular weight excluding hydrogens is 590 g/mol. The molecular formula is C36H43N9O2. The number of benzene rings is 1. The van der Waals surface area contributed by atoms with Crippen molar-refractivity contribution in [3.63, 3.8) is 0 Å². The van der Waals surface area contributed by atoms with Crippen molar-refractivity contribution in [2.75, 3.05) is 51.2 Å². The number of hydrogen-bond donors (Lipinski definition) is 2. The minimum atomic E-state index is -0.502. The zero-order valence-corrected chi connectivity index (χ0v) is 27.4. The van der Waals surface area contributed by atoms with Crippen molar-refractivity contribution in [1.82, 2.24) is 19.8 Å². The zero-order chi connectivity index (χ0) is 33.1. The number of amidine groups is 1. The van der Waals surface area contributed by atoms with E-state index in [1.54, 1.807) is 18.1 Å². The van der Waals surface area contributed by atoms with Crippen molar-refractivity contribution in [2.45, 2.75) is 45.4 Å². The van der Waals surface area contributed by atoms with E-state index in [0.29, 0.717) is 54.2 Å². The molecule has 2 aromatic heterocycles. The van der Waals surface area contributed by atoms with Gasteiger partial charge in [-0.15, -0.1) is 0 Å². The maximum absolute atomic E-state index is 13.9. The van der Waals surface area contributed by atoms with Gasteiger partial charge < -0.3 is 10.6 Å². The van der Waals surface area contributed by atoms with Gasteiger partial charge in [0.1, 0.15) is 18.0 Å². The molecule has 5 heterocycles. The molecule has 3 fully saturated rings. The minimum absolute atomic E-state index is 0.0663. The van der Waals surface area contributed by atoms with E-state index in [9.17, 15) is 9.59 Å². The first kappa shape index (κ1) is 32.2. The van der Waals surface area contributed by atoms with Crippen molar-refractivity contribution in [3.8, 4) is 0 Å². The standard InChI is InChI=1S/C36H43N9O2/c1-24-4-11-30(42-33(24)32(37)29-6-5-25(2)40-20-29)45-19-15-36(35(45)47)14-18-43(22-36)21-31(46)44-16-12-27(13-17-44)26-7-9-28(10-8-26)34(38)41-23-39-3/h4-11,20,23,27,37H,12-19,21-22H2,1-3H3,(H2,38,39,41)/t36-/m0/s1. The number of aromatic nitrogens is 2. The zero-order valence-electron chi connectivity index (χ0n) is 27.4. The van der Waals surface area contributed by atoms with Gasteiger partial charge in [0, 0.05) is 56.2 Å². The molecule has 3 N–H and O–H groups in total. The van der Waals surface area contributed by atoms with Crippen LogP contribution >= 0.6 is 0 Å². The molecule has 2 amide bonds. The van der Waals surface area contributed by atoms with Gasteiger partial charge in [-0.05, 0) is 81.3 Å². The Hall–Kier alpha value is -4.77. The largest absolute Gasteiger partial charge is 0.383 e. The van der Waals surface area contributed by atoms with Gasteiger partial charge in [0.15, 0.2) is 0 Å². The van der Waals surface area contributed by atoms with Crippen LogP contribution in [-0.4, -0.2) is 95.8 Å². The molecule has 0 radical (unpaired) electrons. The van der Waals surface area contributed by atoms with Crippen LogP contribution in [0.15, 0.2) is 64.7 Å². The maximum Gasteiger partial charge on any atom is 0.236 e. The number of nitrogens with two attached hydrogens (primary N) is 1. The van der Waals surface area contributed by atoms with Gasteiger partial charge in [-0.3, -0.25) is 34.8 Å². The number of hydrogen-bond acceptors (Lipinski definition) is 7. The summed E-state index contributed by atoms with van der Waals surface area (Å²) in [5.41, 5.74) is 10.9. The first-order chi connectivity index (χ1) is 22.7. The lowest BCUT2D eigenvalue weighted by Gasteiger charge is -2.33. The third-order valence-electron chi connectivity index (χ3n) is 9.94. The molecule has 1 atom stereocenters. The molecule has 3 aliphatic heterocycles. The van der Waals surface area contributed by atoms with E-state index in [1.807, 2.05) is 55.1 Å². The molecule has 3 aromatic rings. The SMILES string of the molecule is CN=CN=C(N)c1ccc(C2CCN(C(=O)CN3CC[C@]4(CCN(c5ccc(C)c(C(=N)c6ccc(C)nc6)n5)C4=O)C3)CC2)cc1. The van der Waals surface area contributed by atoms with Crippen LogP contribution in [0.5, 0.6) is 0 Å². The fourth-order valence-corrected chi connectivity index (χ4v) is 7.06. The third-order valence-corrected chi connectivity index (χ3v) is 9.94. The number of nitrogens with one attached hydrogen (secondary N) is 1. The van der Waals surface area contributed by atoms with Crippen molar-refractivity contribution >= 4 is 35.5 Å². The lowest BCUT2D eigenvalue weighted by molar-refractivity contribution is -0.133. The Morgan fingerprint density at radius 3 is 2.45 bits per heavy atom. The highest BCUT2D eigenvalue weighted by molar-refractivity contribution is 6.10. The van der Waals surface area contributed by atoms with E-state index in [4.69, 9.17) is 16.1 Å².